The van der Waals surface area contributed by atoms with Crippen molar-refractivity contribution in [3.05, 3.63) is 17.8 Å². The van der Waals surface area contributed by atoms with E-state index in [1.807, 2.05) is 0 Å². The summed E-state index contributed by atoms with van der Waals surface area (Å²) in [5, 5.41) is 8.72. The van der Waals surface area contributed by atoms with E-state index in [1.54, 1.807) is 6.92 Å². The number of aromatic nitrogens is 1. The van der Waals surface area contributed by atoms with E-state index in [1.165, 1.54) is 6.39 Å². The molecule has 0 radical (unpaired) electrons. The van der Waals surface area contributed by atoms with Crippen LogP contribution in [0.3, 0.4) is 0 Å². The average Bonchev–Trinajstić information content (AvgIpc) is 2.46. The van der Waals surface area contributed by atoms with Crippen molar-refractivity contribution in [1.29, 1.82) is 0 Å². The van der Waals surface area contributed by atoms with Gasteiger partial charge in [0, 0.05) is 13.0 Å². The minimum atomic E-state index is -0.898. The Bertz CT molecular complexity index is 295. The highest BCUT2D eigenvalue weighted by Gasteiger charge is 2.18. The molecule has 5 heteroatoms. The molecule has 0 saturated heterocycles. The number of oxazole rings is 1. The van der Waals surface area contributed by atoms with Gasteiger partial charge in [-0.2, -0.15) is 0 Å². The van der Waals surface area contributed by atoms with Gasteiger partial charge in [-0.25, -0.2) is 4.98 Å². The molecule has 1 aromatic heterocycles. The molecule has 72 valence electrons. The second-order valence-electron chi connectivity index (χ2n) is 2.83. The second-order valence-corrected chi connectivity index (χ2v) is 2.83. The van der Waals surface area contributed by atoms with Gasteiger partial charge in [0.1, 0.15) is 5.76 Å². The molecule has 0 aromatic carbocycles. The molecule has 1 aromatic rings. The van der Waals surface area contributed by atoms with E-state index in [4.69, 9.17) is 15.3 Å². The van der Waals surface area contributed by atoms with Crippen LogP contribution in [0.4, 0.5) is 0 Å². The molecular formula is C8H12N2O3. The van der Waals surface area contributed by atoms with E-state index < -0.39 is 11.9 Å². The third-order valence-corrected chi connectivity index (χ3v) is 1.92. The molecule has 0 bridgehead atoms. The Kier molecular flexibility index (Phi) is 3.02. The monoisotopic (exact) mass is 184 g/mol. The molecule has 1 unspecified atom stereocenters. The highest BCUT2D eigenvalue weighted by Crippen LogP contribution is 2.10. The van der Waals surface area contributed by atoms with Crippen molar-refractivity contribution in [3.63, 3.8) is 0 Å². The number of nitrogens with two attached hydrogens (primary N) is 1. The molecule has 0 amide bonds. The summed E-state index contributed by atoms with van der Waals surface area (Å²) >= 11 is 0. The minimum Gasteiger partial charge on any atom is -0.481 e. The number of carbonyl (C=O) groups is 1. The van der Waals surface area contributed by atoms with Crippen molar-refractivity contribution >= 4 is 5.97 Å². The van der Waals surface area contributed by atoms with Crippen molar-refractivity contribution in [1.82, 2.24) is 4.98 Å². The summed E-state index contributed by atoms with van der Waals surface area (Å²) in [5.74, 6) is -0.826. The van der Waals surface area contributed by atoms with Crippen LogP contribution in [0.15, 0.2) is 10.8 Å². The number of aryl methyl sites for hydroxylation is 1. The molecule has 3 N–H and O–H groups in total. The Morgan fingerprint density at radius 2 is 2.54 bits per heavy atom. The largest absolute Gasteiger partial charge is 0.481 e. The molecule has 1 heterocycles. The lowest BCUT2D eigenvalue weighted by molar-refractivity contribution is -0.141. The fourth-order valence-electron chi connectivity index (χ4n) is 1.03. The first-order valence-electron chi connectivity index (χ1n) is 3.97. The maximum atomic E-state index is 10.6. The third kappa shape index (κ3) is 2.29. The lowest BCUT2D eigenvalue weighted by atomic mass is 10.0. The van der Waals surface area contributed by atoms with Gasteiger partial charge in [0.2, 0.25) is 0 Å². The summed E-state index contributed by atoms with van der Waals surface area (Å²) in [6.07, 6.45) is 1.63. The first-order valence-corrected chi connectivity index (χ1v) is 3.97. The highest BCUT2D eigenvalue weighted by molar-refractivity contribution is 5.70. The molecular weight excluding hydrogens is 172 g/mol. The molecule has 0 aliphatic heterocycles. The Labute approximate surface area is 75.6 Å². The third-order valence-electron chi connectivity index (χ3n) is 1.92. The lowest BCUT2D eigenvalue weighted by Gasteiger charge is -2.06. The van der Waals surface area contributed by atoms with E-state index in [2.05, 4.69) is 4.98 Å². The van der Waals surface area contributed by atoms with Crippen LogP contribution in [0.25, 0.3) is 0 Å². The summed E-state index contributed by atoms with van der Waals surface area (Å²) in [6.45, 7) is 1.86. The van der Waals surface area contributed by atoms with Crippen LogP contribution >= 0.6 is 0 Å². The smallest absolute Gasteiger partial charge is 0.308 e. The Morgan fingerprint density at radius 3 is 2.92 bits per heavy atom. The van der Waals surface area contributed by atoms with E-state index in [-0.39, 0.29) is 6.54 Å². The van der Waals surface area contributed by atoms with Crippen LogP contribution in [-0.4, -0.2) is 22.6 Å². The Balaban J connectivity index is 2.67. The minimum absolute atomic E-state index is 0.113. The molecule has 5 nitrogen and oxygen atoms in total. The summed E-state index contributed by atoms with van der Waals surface area (Å²) in [5.41, 5.74) is 5.97. The number of hydrogen-bond donors (Lipinski definition) is 2. The van der Waals surface area contributed by atoms with Crippen molar-refractivity contribution in [2.75, 3.05) is 6.54 Å². The number of hydrogen-bond acceptors (Lipinski definition) is 4. The van der Waals surface area contributed by atoms with Crippen LogP contribution in [0.2, 0.25) is 0 Å². The zero-order valence-electron chi connectivity index (χ0n) is 7.36. The standard InChI is InChI=1S/C8H12N2O3/c1-5-7(10-4-13-5)2-6(3-9)8(11)12/h4,6H,2-3,9H2,1H3,(H,11,12). The SMILES string of the molecule is Cc1ocnc1CC(CN)C(=O)O. The number of nitrogens with zero attached hydrogens (tertiary/aromatic N) is 1. The molecule has 0 aliphatic carbocycles. The van der Waals surface area contributed by atoms with Crippen LogP contribution in [0, 0.1) is 12.8 Å². The first kappa shape index (κ1) is 9.73. The van der Waals surface area contributed by atoms with Crippen molar-refractivity contribution in [2.24, 2.45) is 11.7 Å². The van der Waals surface area contributed by atoms with Crippen LogP contribution in [0.1, 0.15) is 11.5 Å². The quantitative estimate of drug-likeness (QED) is 0.697. The van der Waals surface area contributed by atoms with Crippen molar-refractivity contribution in [3.8, 4) is 0 Å². The van der Waals surface area contributed by atoms with Gasteiger partial charge in [-0.05, 0) is 6.92 Å². The Morgan fingerprint density at radius 1 is 1.85 bits per heavy atom. The summed E-state index contributed by atoms with van der Waals surface area (Å²) < 4.78 is 4.94. The maximum absolute atomic E-state index is 10.6. The van der Waals surface area contributed by atoms with Gasteiger partial charge in [0.05, 0.1) is 11.6 Å². The van der Waals surface area contributed by atoms with Crippen LogP contribution < -0.4 is 5.73 Å². The lowest BCUT2D eigenvalue weighted by Crippen LogP contribution is -2.25. The zero-order chi connectivity index (χ0) is 9.84. The molecule has 0 fully saturated rings. The van der Waals surface area contributed by atoms with Crippen molar-refractivity contribution in [2.45, 2.75) is 13.3 Å². The van der Waals surface area contributed by atoms with E-state index in [9.17, 15) is 4.79 Å². The van der Waals surface area contributed by atoms with E-state index in [0.717, 1.165) is 0 Å². The van der Waals surface area contributed by atoms with Gasteiger partial charge in [-0.1, -0.05) is 0 Å². The van der Waals surface area contributed by atoms with Gasteiger partial charge < -0.3 is 15.3 Å². The van der Waals surface area contributed by atoms with Gasteiger partial charge >= 0.3 is 5.97 Å². The fraction of sp³-hybridized carbons (Fsp3) is 0.500. The predicted octanol–water partition coefficient (Wildman–Crippen LogP) is 0.185. The topological polar surface area (TPSA) is 89.4 Å². The molecule has 0 saturated carbocycles. The summed E-state index contributed by atoms with van der Waals surface area (Å²) in [7, 11) is 0. The second kappa shape index (κ2) is 4.04. The highest BCUT2D eigenvalue weighted by atomic mass is 16.4. The normalized spacial score (nSPS) is 12.8. The van der Waals surface area contributed by atoms with Crippen LogP contribution in [-0.2, 0) is 11.2 Å². The summed E-state index contributed by atoms with van der Waals surface area (Å²) in [4.78, 5) is 14.5. The first-order chi connectivity index (χ1) is 6.15. The predicted molar refractivity (Wildman–Crippen MR) is 45.1 cm³/mol. The number of rotatable bonds is 4. The van der Waals surface area contributed by atoms with Crippen LogP contribution in [0.5, 0.6) is 0 Å². The molecule has 13 heavy (non-hydrogen) atoms. The van der Waals surface area contributed by atoms with E-state index in [0.29, 0.717) is 17.9 Å². The number of carboxylic acids is 1. The zero-order valence-corrected chi connectivity index (χ0v) is 7.36. The van der Waals surface area contributed by atoms with Gasteiger partial charge in [0.25, 0.3) is 0 Å². The van der Waals surface area contributed by atoms with Gasteiger partial charge in [-0.15, -0.1) is 0 Å². The summed E-state index contributed by atoms with van der Waals surface area (Å²) in [6, 6.07) is 0. The molecule has 0 aliphatic rings. The van der Waals surface area contributed by atoms with E-state index >= 15 is 0 Å². The molecule has 1 rings (SSSR count). The number of aliphatic carboxylic acids is 1. The van der Waals surface area contributed by atoms with Gasteiger partial charge in [-0.3, -0.25) is 4.79 Å². The molecule has 0 spiro atoms. The Hall–Kier alpha value is -1.36. The van der Waals surface area contributed by atoms with Gasteiger partial charge in [0.15, 0.2) is 6.39 Å². The maximum Gasteiger partial charge on any atom is 0.308 e. The molecule has 1 atom stereocenters. The number of carboxylic acid groups (broad SMARTS) is 1. The van der Waals surface area contributed by atoms with Crippen molar-refractivity contribution < 1.29 is 14.3 Å². The fourth-order valence-corrected chi connectivity index (χ4v) is 1.03. The average molecular weight is 184 g/mol.